The van der Waals surface area contributed by atoms with Crippen molar-refractivity contribution in [1.82, 2.24) is 0 Å². The van der Waals surface area contributed by atoms with Crippen molar-refractivity contribution >= 4 is 9.47 Å². The summed E-state index contributed by atoms with van der Waals surface area (Å²) in [4.78, 5) is 0. The fourth-order valence-electron chi connectivity index (χ4n) is 1.18. The second kappa shape index (κ2) is 4.61. The molecule has 1 heterocycles. The maximum Gasteiger partial charge on any atom is 0.189 e. The summed E-state index contributed by atoms with van der Waals surface area (Å²) < 4.78 is 9.54. The van der Waals surface area contributed by atoms with Gasteiger partial charge < -0.3 is 29.7 Å². The lowest BCUT2D eigenvalue weighted by atomic mass is 10.00. The molecule has 1 aliphatic rings. The minimum Gasteiger partial charge on any atom is -0.394 e. The van der Waals surface area contributed by atoms with Gasteiger partial charge in [0.25, 0.3) is 0 Å². The number of hydrogen-bond donors (Lipinski definition) is 4. The quantitative estimate of drug-likeness (QED) is 0.381. The molecule has 0 bridgehead atoms. The van der Waals surface area contributed by atoms with E-state index in [1.54, 1.807) is 0 Å². The van der Waals surface area contributed by atoms with Gasteiger partial charge in [-0.3, -0.25) is 0 Å². The molecule has 1 aliphatic heterocycles. The van der Waals surface area contributed by atoms with Gasteiger partial charge in [0, 0.05) is 9.47 Å². The molecule has 78 valence electrons. The summed E-state index contributed by atoms with van der Waals surface area (Å²) in [6, 6.07) is 0. The molecule has 0 aromatic heterocycles. The normalized spacial score (nSPS) is 46.4. The van der Waals surface area contributed by atoms with Crippen molar-refractivity contribution < 1.29 is 29.7 Å². The first-order valence-corrected chi connectivity index (χ1v) is 4.25. The minimum atomic E-state index is -1.38. The maximum absolute atomic E-state index is 9.27. The van der Waals surface area contributed by atoms with E-state index in [1.165, 1.54) is 0 Å². The monoisotopic (exact) mass is 212 g/mol. The first-order chi connectivity index (χ1) is 6.11. The molecule has 0 aromatic rings. The topological polar surface area (TPSA) is 99.4 Å². The lowest BCUT2D eigenvalue weighted by Crippen LogP contribution is -2.58. The molecule has 7 heteroatoms. The third-order valence-corrected chi connectivity index (χ3v) is 2.25. The highest BCUT2D eigenvalue weighted by atomic mass is 31.0. The van der Waals surface area contributed by atoms with Crippen molar-refractivity contribution in [2.24, 2.45) is 0 Å². The summed E-state index contributed by atoms with van der Waals surface area (Å²) in [5.41, 5.74) is 0. The Labute approximate surface area is 77.4 Å². The van der Waals surface area contributed by atoms with Gasteiger partial charge in [-0.05, 0) is 0 Å². The zero-order valence-electron chi connectivity index (χ0n) is 6.78. The molecule has 5 unspecified atom stereocenters. The molecule has 1 saturated heterocycles. The molecule has 0 spiro atoms. The molecule has 0 amide bonds. The maximum atomic E-state index is 9.27. The summed E-state index contributed by atoms with van der Waals surface area (Å²) in [5, 5.41) is 36.5. The van der Waals surface area contributed by atoms with Crippen molar-refractivity contribution in [2.45, 2.75) is 30.7 Å². The van der Waals surface area contributed by atoms with Gasteiger partial charge in [0.1, 0.15) is 24.4 Å². The molecule has 4 N–H and O–H groups in total. The van der Waals surface area contributed by atoms with Crippen LogP contribution in [0, 0.1) is 0 Å². The van der Waals surface area contributed by atoms with Crippen molar-refractivity contribution in [3.8, 4) is 0 Å². The summed E-state index contributed by atoms with van der Waals surface area (Å²) in [7, 11) is 1.88. The van der Waals surface area contributed by atoms with Crippen molar-refractivity contribution in [3.05, 3.63) is 0 Å². The Balaban J connectivity index is 2.66. The molecule has 0 aliphatic carbocycles. The Morgan fingerprint density at radius 1 is 1.15 bits per heavy atom. The van der Waals surface area contributed by atoms with Crippen LogP contribution in [-0.2, 0) is 9.26 Å². The van der Waals surface area contributed by atoms with Crippen LogP contribution in [0.2, 0.25) is 0 Å². The average molecular weight is 212 g/mol. The van der Waals surface area contributed by atoms with E-state index in [0.29, 0.717) is 0 Å². The average Bonchev–Trinajstić information content (AvgIpc) is 2.15. The second-order valence-corrected chi connectivity index (χ2v) is 3.11. The lowest BCUT2D eigenvalue weighted by molar-refractivity contribution is -0.274. The van der Waals surface area contributed by atoms with Crippen LogP contribution in [0.25, 0.3) is 0 Å². The summed E-state index contributed by atoms with van der Waals surface area (Å²) in [6.45, 7) is -0.449. The Hall–Kier alpha value is 0.190. The molecule has 13 heavy (non-hydrogen) atoms. The molecule has 0 saturated carbocycles. The highest BCUT2D eigenvalue weighted by Crippen LogP contribution is 2.22. The van der Waals surface area contributed by atoms with Crippen LogP contribution in [0.4, 0.5) is 0 Å². The van der Waals surface area contributed by atoms with Crippen LogP contribution in [0.1, 0.15) is 0 Å². The first kappa shape index (κ1) is 11.3. The van der Waals surface area contributed by atoms with Gasteiger partial charge in [0.05, 0.1) is 6.61 Å². The number of ether oxygens (including phenoxy) is 1. The summed E-state index contributed by atoms with van der Waals surface area (Å²) in [5.74, 6) is 0. The smallest absolute Gasteiger partial charge is 0.189 e. The molecular formula is C6H13O6P. The molecule has 0 radical (unpaired) electrons. The summed E-state index contributed by atoms with van der Waals surface area (Å²) >= 11 is 0. The zero-order chi connectivity index (χ0) is 10.0. The third kappa shape index (κ3) is 2.16. The van der Waals surface area contributed by atoms with Crippen LogP contribution in [0.15, 0.2) is 0 Å². The Morgan fingerprint density at radius 3 is 2.23 bits per heavy atom. The van der Waals surface area contributed by atoms with E-state index in [2.05, 4.69) is 4.52 Å². The fraction of sp³-hybridized carbons (Fsp3) is 1.00. The minimum absolute atomic E-state index is 0.449. The van der Waals surface area contributed by atoms with E-state index in [0.717, 1.165) is 0 Å². The molecule has 1 rings (SSSR count). The van der Waals surface area contributed by atoms with E-state index < -0.39 is 37.3 Å². The van der Waals surface area contributed by atoms with Crippen LogP contribution < -0.4 is 0 Å². The third-order valence-electron chi connectivity index (χ3n) is 1.98. The lowest BCUT2D eigenvalue weighted by Gasteiger charge is -2.38. The highest BCUT2D eigenvalue weighted by molar-refractivity contribution is 7.09. The van der Waals surface area contributed by atoms with Gasteiger partial charge in [0.15, 0.2) is 6.29 Å². The SMILES string of the molecule is OCC1O[C@@H](OP)C(O)C(O)C1O. The van der Waals surface area contributed by atoms with Crippen LogP contribution in [-0.4, -0.2) is 57.7 Å². The van der Waals surface area contributed by atoms with Gasteiger partial charge in [-0.15, -0.1) is 0 Å². The van der Waals surface area contributed by atoms with E-state index in [9.17, 15) is 15.3 Å². The molecule has 0 aromatic carbocycles. The van der Waals surface area contributed by atoms with Gasteiger partial charge >= 0.3 is 0 Å². The molecule has 6 atom stereocenters. The largest absolute Gasteiger partial charge is 0.394 e. The summed E-state index contributed by atoms with van der Waals surface area (Å²) in [6.07, 6.45) is -6.01. The van der Waals surface area contributed by atoms with Crippen LogP contribution >= 0.6 is 9.47 Å². The Bertz CT molecular complexity index is 147. The number of hydrogen-bond acceptors (Lipinski definition) is 6. The molecular weight excluding hydrogens is 199 g/mol. The predicted octanol–water partition coefficient (Wildman–Crippen LogP) is -2.41. The van der Waals surface area contributed by atoms with Gasteiger partial charge in [0.2, 0.25) is 0 Å². The predicted molar refractivity (Wildman–Crippen MR) is 44.6 cm³/mol. The Morgan fingerprint density at radius 2 is 1.77 bits per heavy atom. The fourth-order valence-corrected chi connectivity index (χ4v) is 1.40. The number of aliphatic hydroxyl groups is 4. The Kier molecular flexibility index (Phi) is 4.00. The van der Waals surface area contributed by atoms with Gasteiger partial charge in [-0.1, -0.05) is 0 Å². The van der Waals surface area contributed by atoms with E-state index in [-0.39, 0.29) is 0 Å². The zero-order valence-corrected chi connectivity index (χ0v) is 7.93. The molecule has 1 fully saturated rings. The first-order valence-electron chi connectivity index (χ1n) is 3.78. The van der Waals surface area contributed by atoms with Gasteiger partial charge in [-0.2, -0.15) is 0 Å². The van der Waals surface area contributed by atoms with Crippen LogP contribution in [0.5, 0.6) is 0 Å². The standard InChI is InChI=1S/C6H13O6P/c7-1-2-3(8)4(9)5(10)6(11-2)12-13/h2-10H,1,13H2/t2?,3?,4?,5?,6-/m0/s1. The number of aliphatic hydroxyl groups excluding tert-OH is 4. The van der Waals surface area contributed by atoms with Crippen molar-refractivity contribution in [1.29, 1.82) is 0 Å². The number of rotatable bonds is 2. The van der Waals surface area contributed by atoms with Crippen LogP contribution in [0.3, 0.4) is 0 Å². The molecule has 6 nitrogen and oxygen atoms in total. The van der Waals surface area contributed by atoms with Crippen molar-refractivity contribution in [3.63, 3.8) is 0 Å². The van der Waals surface area contributed by atoms with Crippen molar-refractivity contribution in [2.75, 3.05) is 6.61 Å². The highest BCUT2D eigenvalue weighted by Gasteiger charge is 2.43. The van der Waals surface area contributed by atoms with E-state index in [1.807, 2.05) is 9.47 Å². The van der Waals surface area contributed by atoms with E-state index >= 15 is 0 Å². The second-order valence-electron chi connectivity index (χ2n) is 2.83. The van der Waals surface area contributed by atoms with E-state index in [4.69, 9.17) is 9.84 Å². The van der Waals surface area contributed by atoms with Gasteiger partial charge in [-0.25, -0.2) is 0 Å².